The Bertz CT molecular complexity index is 228. The van der Waals surface area contributed by atoms with Crippen LogP contribution in [0.3, 0.4) is 0 Å². The molecule has 1 heteroatoms. The summed E-state index contributed by atoms with van der Waals surface area (Å²) in [5, 5.41) is 8.38. The molecular formula is C12H19N. The van der Waals surface area contributed by atoms with E-state index in [2.05, 4.69) is 6.07 Å². The van der Waals surface area contributed by atoms with Gasteiger partial charge in [-0.15, -0.1) is 0 Å². The first kappa shape index (κ1) is 14.2. The van der Waals surface area contributed by atoms with E-state index >= 15 is 0 Å². The van der Waals surface area contributed by atoms with Gasteiger partial charge >= 0.3 is 0 Å². The molecule has 1 aromatic carbocycles. The van der Waals surface area contributed by atoms with Gasteiger partial charge < -0.3 is 0 Å². The number of benzene rings is 1. The maximum absolute atomic E-state index is 8.38. The molecule has 13 heavy (non-hydrogen) atoms. The summed E-state index contributed by atoms with van der Waals surface area (Å²) in [6.45, 7) is 10.0. The summed E-state index contributed by atoms with van der Waals surface area (Å²) in [6.07, 6.45) is 0. The Morgan fingerprint density at radius 3 is 1.62 bits per heavy atom. The highest BCUT2D eigenvalue weighted by molar-refractivity contribution is 5.30. The minimum atomic E-state index is 0.723. The molecule has 0 aromatic heterocycles. The first-order valence-corrected chi connectivity index (χ1v) is 4.79. The van der Waals surface area contributed by atoms with Gasteiger partial charge in [-0.25, -0.2) is 0 Å². The van der Waals surface area contributed by atoms with Crippen molar-refractivity contribution in [3.63, 3.8) is 0 Å². The van der Waals surface area contributed by atoms with Gasteiger partial charge in [-0.1, -0.05) is 45.4 Å². The van der Waals surface area contributed by atoms with Crippen molar-refractivity contribution in [2.45, 2.75) is 34.6 Å². The number of nitrogens with zero attached hydrogens (tertiary/aromatic N) is 1. The Balaban J connectivity index is 0. The van der Waals surface area contributed by atoms with Crippen molar-refractivity contribution in [3.05, 3.63) is 35.4 Å². The van der Waals surface area contributed by atoms with Crippen LogP contribution in [0.15, 0.2) is 24.3 Å². The predicted octanol–water partition coefficient (Wildman–Crippen LogP) is 3.92. The fourth-order valence-corrected chi connectivity index (χ4v) is 0.628. The number of aryl methyl sites for hydroxylation is 1. The van der Waals surface area contributed by atoms with Crippen LogP contribution in [0.25, 0.3) is 0 Å². The summed E-state index contributed by atoms with van der Waals surface area (Å²) in [4.78, 5) is 0. The third-order valence-corrected chi connectivity index (χ3v) is 1.18. The molecule has 0 bridgehead atoms. The zero-order chi connectivity index (χ0) is 10.7. The van der Waals surface area contributed by atoms with E-state index in [1.54, 1.807) is 0 Å². The van der Waals surface area contributed by atoms with E-state index in [0.29, 0.717) is 0 Å². The second-order valence-corrected chi connectivity index (χ2v) is 1.98. The molecular weight excluding hydrogens is 158 g/mol. The second kappa shape index (κ2) is 10.7. The van der Waals surface area contributed by atoms with E-state index in [1.165, 1.54) is 5.56 Å². The predicted molar refractivity (Wildman–Crippen MR) is 58.6 cm³/mol. The van der Waals surface area contributed by atoms with Crippen LogP contribution < -0.4 is 0 Å². The Kier molecular flexibility index (Phi) is 11.7. The van der Waals surface area contributed by atoms with Crippen LogP contribution in [0.5, 0.6) is 0 Å². The summed E-state index contributed by atoms with van der Waals surface area (Å²) < 4.78 is 0. The zero-order valence-corrected chi connectivity index (χ0v) is 9.26. The molecule has 0 fully saturated rings. The van der Waals surface area contributed by atoms with Crippen molar-refractivity contribution in [1.29, 1.82) is 5.26 Å². The van der Waals surface area contributed by atoms with E-state index in [1.807, 2.05) is 58.9 Å². The van der Waals surface area contributed by atoms with Crippen molar-refractivity contribution in [1.82, 2.24) is 0 Å². The van der Waals surface area contributed by atoms with Gasteiger partial charge in [-0.05, 0) is 19.1 Å². The molecule has 72 valence electrons. The third-order valence-electron chi connectivity index (χ3n) is 1.18. The molecule has 0 saturated heterocycles. The molecule has 1 rings (SSSR count). The van der Waals surface area contributed by atoms with Crippen LogP contribution >= 0.6 is 0 Å². The van der Waals surface area contributed by atoms with Gasteiger partial charge in [0.2, 0.25) is 0 Å². The van der Waals surface area contributed by atoms with Gasteiger partial charge in [0, 0.05) is 0 Å². The lowest BCUT2D eigenvalue weighted by Crippen LogP contribution is -1.72. The number of hydrogen-bond donors (Lipinski definition) is 0. The number of hydrogen-bond acceptors (Lipinski definition) is 1. The molecule has 1 nitrogen and oxygen atoms in total. The lowest BCUT2D eigenvalue weighted by Gasteiger charge is -1.88. The highest BCUT2D eigenvalue weighted by atomic mass is 14.2. The van der Waals surface area contributed by atoms with Crippen LogP contribution in [-0.2, 0) is 0 Å². The largest absolute Gasteiger partial charge is 0.192 e. The minimum absolute atomic E-state index is 0.723. The summed E-state index contributed by atoms with van der Waals surface area (Å²) in [5.41, 5.74) is 1.91. The molecule has 1 aromatic rings. The Morgan fingerprint density at radius 2 is 1.31 bits per heavy atom. The van der Waals surface area contributed by atoms with Crippen LogP contribution in [0.2, 0.25) is 0 Å². The van der Waals surface area contributed by atoms with Crippen LogP contribution in [0.1, 0.15) is 38.8 Å². The van der Waals surface area contributed by atoms with Crippen molar-refractivity contribution in [2.75, 3.05) is 0 Å². The summed E-state index contributed by atoms with van der Waals surface area (Å²) in [5.74, 6) is 0. The van der Waals surface area contributed by atoms with Gasteiger partial charge in [-0.2, -0.15) is 5.26 Å². The SMILES string of the molecule is CC.CC.Cc1ccc(C#N)cc1. The third kappa shape index (κ3) is 7.08. The smallest absolute Gasteiger partial charge is 0.0991 e. The average molecular weight is 177 g/mol. The number of nitriles is 1. The standard InChI is InChI=1S/C8H7N.2C2H6/c1-7-2-4-8(6-9)5-3-7;2*1-2/h2-5H,1H3;2*1-2H3. The van der Waals surface area contributed by atoms with E-state index in [-0.39, 0.29) is 0 Å². The van der Waals surface area contributed by atoms with Crippen LogP contribution in [0.4, 0.5) is 0 Å². The van der Waals surface area contributed by atoms with E-state index in [4.69, 9.17) is 5.26 Å². The molecule has 0 aliphatic heterocycles. The summed E-state index contributed by atoms with van der Waals surface area (Å²) >= 11 is 0. The normalized spacial score (nSPS) is 6.77. The molecule has 0 radical (unpaired) electrons. The molecule has 0 unspecified atom stereocenters. The van der Waals surface area contributed by atoms with Crippen LogP contribution in [0, 0.1) is 18.3 Å². The first-order chi connectivity index (χ1) is 6.33. The lowest BCUT2D eigenvalue weighted by molar-refractivity contribution is 1.43. The second-order valence-electron chi connectivity index (χ2n) is 1.98. The molecule has 0 N–H and O–H groups in total. The molecule has 0 aliphatic rings. The molecule has 0 heterocycles. The lowest BCUT2D eigenvalue weighted by atomic mass is 10.2. The van der Waals surface area contributed by atoms with Gasteiger partial charge in [0.05, 0.1) is 11.6 Å². The monoisotopic (exact) mass is 177 g/mol. The molecule has 0 aliphatic carbocycles. The fourth-order valence-electron chi connectivity index (χ4n) is 0.628. The highest BCUT2D eigenvalue weighted by Crippen LogP contribution is 1.99. The van der Waals surface area contributed by atoms with Crippen molar-refractivity contribution in [3.8, 4) is 6.07 Å². The van der Waals surface area contributed by atoms with E-state index < -0.39 is 0 Å². The zero-order valence-electron chi connectivity index (χ0n) is 9.26. The molecule has 0 atom stereocenters. The van der Waals surface area contributed by atoms with Gasteiger partial charge in [0.25, 0.3) is 0 Å². The van der Waals surface area contributed by atoms with Gasteiger partial charge in [0.1, 0.15) is 0 Å². The summed E-state index contributed by atoms with van der Waals surface area (Å²) in [6, 6.07) is 9.54. The Hall–Kier alpha value is -1.29. The summed E-state index contributed by atoms with van der Waals surface area (Å²) in [7, 11) is 0. The molecule has 0 spiro atoms. The maximum atomic E-state index is 8.38. The quantitative estimate of drug-likeness (QED) is 0.589. The van der Waals surface area contributed by atoms with E-state index in [0.717, 1.165) is 5.56 Å². The maximum Gasteiger partial charge on any atom is 0.0991 e. The average Bonchev–Trinajstić information content (AvgIpc) is 2.25. The van der Waals surface area contributed by atoms with Crippen molar-refractivity contribution in [2.24, 2.45) is 0 Å². The van der Waals surface area contributed by atoms with Crippen molar-refractivity contribution >= 4 is 0 Å². The minimum Gasteiger partial charge on any atom is -0.192 e. The molecule has 0 saturated carbocycles. The number of rotatable bonds is 0. The van der Waals surface area contributed by atoms with Crippen LogP contribution in [-0.4, -0.2) is 0 Å². The Labute approximate surface area is 82.0 Å². The van der Waals surface area contributed by atoms with Gasteiger partial charge in [0.15, 0.2) is 0 Å². The first-order valence-electron chi connectivity index (χ1n) is 4.79. The topological polar surface area (TPSA) is 23.8 Å². The van der Waals surface area contributed by atoms with Crippen molar-refractivity contribution < 1.29 is 0 Å². The molecule has 0 amide bonds. The van der Waals surface area contributed by atoms with Gasteiger partial charge in [-0.3, -0.25) is 0 Å². The highest BCUT2D eigenvalue weighted by Gasteiger charge is 1.84. The van der Waals surface area contributed by atoms with E-state index in [9.17, 15) is 0 Å². The fraction of sp³-hybridized carbons (Fsp3) is 0.417. The Morgan fingerprint density at radius 1 is 0.923 bits per heavy atom.